The molecule has 0 bridgehead atoms. The van der Waals surface area contributed by atoms with Crippen LogP contribution in [0.15, 0.2) is 36.4 Å². The third-order valence-corrected chi connectivity index (χ3v) is 5.38. The highest BCUT2D eigenvalue weighted by atomic mass is 16.7. The molecule has 148 valence electrons. The van der Waals surface area contributed by atoms with Crippen LogP contribution in [0.1, 0.15) is 33.6 Å². The molecule has 0 unspecified atom stereocenters. The summed E-state index contributed by atoms with van der Waals surface area (Å²) in [6, 6.07) is 9.73. The van der Waals surface area contributed by atoms with Crippen molar-refractivity contribution in [2.24, 2.45) is 0 Å². The maximum absolute atomic E-state index is 12.4. The largest absolute Gasteiger partial charge is 0.454 e. The standard InChI is InChI=1S/C21H18N2O6/c24-17(12-4-6-18-19(9-12)29-11-28-18)10-27-21(26)13-3-5-15-14(8-13)22-20(25)16-2-1-7-23(15)16/h3-6,8-9,16H,1-2,7,10-11H2,(H,22,25)/t16-/m0/s1. The van der Waals surface area contributed by atoms with Gasteiger partial charge in [-0.15, -0.1) is 0 Å². The first kappa shape index (κ1) is 17.5. The normalized spacial score (nSPS) is 18.7. The molecule has 5 rings (SSSR count). The maximum Gasteiger partial charge on any atom is 0.338 e. The van der Waals surface area contributed by atoms with Gasteiger partial charge < -0.3 is 24.4 Å². The van der Waals surface area contributed by atoms with Gasteiger partial charge in [-0.3, -0.25) is 9.59 Å². The van der Waals surface area contributed by atoms with Crippen molar-refractivity contribution in [3.63, 3.8) is 0 Å². The summed E-state index contributed by atoms with van der Waals surface area (Å²) in [7, 11) is 0. The molecule has 8 nitrogen and oxygen atoms in total. The molecular weight excluding hydrogens is 376 g/mol. The Balaban J connectivity index is 1.27. The highest BCUT2D eigenvalue weighted by molar-refractivity contribution is 6.06. The van der Waals surface area contributed by atoms with Crippen LogP contribution >= 0.6 is 0 Å². The summed E-state index contributed by atoms with van der Waals surface area (Å²) in [4.78, 5) is 39.1. The van der Waals surface area contributed by atoms with Crippen LogP contribution in [0.2, 0.25) is 0 Å². The first-order valence-electron chi connectivity index (χ1n) is 9.42. The van der Waals surface area contributed by atoms with Crippen molar-refractivity contribution in [3.8, 4) is 11.5 Å². The number of hydrogen-bond donors (Lipinski definition) is 1. The summed E-state index contributed by atoms with van der Waals surface area (Å²) in [6.45, 7) is 0.546. The number of nitrogens with zero attached hydrogens (tertiary/aromatic N) is 1. The number of fused-ring (bicyclic) bond motifs is 4. The second-order valence-corrected chi connectivity index (χ2v) is 7.14. The van der Waals surface area contributed by atoms with Gasteiger partial charge in [-0.2, -0.15) is 0 Å². The van der Waals surface area contributed by atoms with E-state index in [9.17, 15) is 14.4 Å². The molecule has 0 aliphatic carbocycles. The van der Waals surface area contributed by atoms with Crippen LogP contribution in [-0.2, 0) is 9.53 Å². The Bertz CT molecular complexity index is 1030. The lowest BCUT2D eigenvalue weighted by Crippen LogP contribution is -2.43. The number of ketones is 1. The molecule has 1 saturated heterocycles. The van der Waals surface area contributed by atoms with Crippen LogP contribution in [-0.4, -0.2) is 43.6 Å². The molecular formula is C21H18N2O6. The van der Waals surface area contributed by atoms with Gasteiger partial charge in [0.1, 0.15) is 6.04 Å². The van der Waals surface area contributed by atoms with E-state index in [0.717, 1.165) is 25.1 Å². The molecule has 0 radical (unpaired) electrons. The van der Waals surface area contributed by atoms with Gasteiger partial charge >= 0.3 is 5.97 Å². The van der Waals surface area contributed by atoms with Gasteiger partial charge in [0.25, 0.3) is 0 Å². The zero-order valence-corrected chi connectivity index (χ0v) is 15.5. The topological polar surface area (TPSA) is 94.2 Å². The summed E-state index contributed by atoms with van der Waals surface area (Å²) >= 11 is 0. The monoisotopic (exact) mass is 394 g/mol. The second kappa shape index (κ2) is 6.80. The zero-order chi connectivity index (χ0) is 20.0. The molecule has 1 atom stereocenters. The van der Waals surface area contributed by atoms with Gasteiger partial charge in [-0.25, -0.2) is 4.79 Å². The van der Waals surface area contributed by atoms with Gasteiger partial charge in [0, 0.05) is 12.1 Å². The van der Waals surface area contributed by atoms with Crippen LogP contribution in [0.5, 0.6) is 11.5 Å². The van der Waals surface area contributed by atoms with Crippen LogP contribution in [0.25, 0.3) is 0 Å². The van der Waals surface area contributed by atoms with E-state index < -0.39 is 12.6 Å². The molecule has 0 saturated carbocycles. The number of nitrogens with one attached hydrogen (secondary N) is 1. The summed E-state index contributed by atoms with van der Waals surface area (Å²) in [5.41, 5.74) is 2.14. The molecule has 0 aromatic heterocycles. The van der Waals surface area contributed by atoms with Crippen LogP contribution in [0.4, 0.5) is 11.4 Å². The summed E-state index contributed by atoms with van der Waals surface area (Å²) in [5, 5.41) is 2.86. The number of carbonyl (C=O) groups is 3. The maximum atomic E-state index is 12.4. The van der Waals surface area contributed by atoms with E-state index in [1.807, 2.05) is 6.07 Å². The molecule has 3 aliphatic heterocycles. The van der Waals surface area contributed by atoms with Crippen molar-refractivity contribution in [1.82, 2.24) is 0 Å². The van der Waals surface area contributed by atoms with Crippen molar-refractivity contribution in [3.05, 3.63) is 47.5 Å². The lowest BCUT2D eigenvalue weighted by Gasteiger charge is -2.33. The van der Waals surface area contributed by atoms with E-state index in [2.05, 4.69) is 10.2 Å². The first-order valence-corrected chi connectivity index (χ1v) is 9.42. The molecule has 1 fully saturated rings. The average molecular weight is 394 g/mol. The van der Waals surface area contributed by atoms with Gasteiger partial charge in [-0.1, -0.05) is 0 Å². The number of carbonyl (C=O) groups excluding carboxylic acids is 3. The SMILES string of the molecule is O=C(COC(=O)c1ccc2c(c1)NC(=O)[C@@H]1CCCN21)c1ccc2c(c1)OCO2. The number of ether oxygens (including phenoxy) is 3. The van der Waals surface area contributed by atoms with Crippen LogP contribution in [0.3, 0.4) is 0 Å². The van der Waals surface area contributed by atoms with Crippen molar-refractivity contribution in [1.29, 1.82) is 0 Å². The molecule has 2 aromatic carbocycles. The zero-order valence-electron chi connectivity index (χ0n) is 15.5. The minimum absolute atomic E-state index is 0.0569. The third-order valence-electron chi connectivity index (χ3n) is 5.38. The Labute approximate surface area is 166 Å². The molecule has 29 heavy (non-hydrogen) atoms. The van der Waals surface area contributed by atoms with E-state index in [4.69, 9.17) is 14.2 Å². The summed E-state index contributed by atoms with van der Waals surface area (Å²) in [6.07, 6.45) is 1.79. The number of esters is 1. The number of amides is 1. The fraction of sp³-hybridized carbons (Fsp3) is 0.286. The third kappa shape index (κ3) is 3.06. The molecule has 1 amide bonds. The van der Waals surface area contributed by atoms with E-state index in [0.29, 0.717) is 22.7 Å². The van der Waals surface area contributed by atoms with Gasteiger partial charge in [0.05, 0.1) is 16.9 Å². The second-order valence-electron chi connectivity index (χ2n) is 7.14. The van der Waals surface area contributed by atoms with E-state index in [1.165, 1.54) is 0 Å². The van der Waals surface area contributed by atoms with Crippen molar-refractivity contribution >= 4 is 29.0 Å². The number of rotatable bonds is 4. The Morgan fingerprint density at radius 1 is 1.10 bits per heavy atom. The lowest BCUT2D eigenvalue weighted by atomic mass is 10.1. The number of hydrogen-bond acceptors (Lipinski definition) is 7. The van der Waals surface area contributed by atoms with E-state index in [-0.39, 0.29) is 30.1 Å². The molecule has 8 heteroatoms. The Kier molecular flexibility index (Phi) is 4.12. The first-order chi connectivity index (χ1) is 14.1. The average Bonchev–Trinajstić information content (AvgIpc) is 3.40. The quantitative estimate of drug-likeness (QED) is 0.628. The molecule has 2 aromatic rings. The minimum atomic E-state index is -0.625. The van der Waals surface area contributed by atoms with Gasteiger partial charge in [0.2, 0.25) is 12.7 Å². The predicted molar refractivity (Wildman–Crippen MR) is 103 cm³/mol. The van der Waals surface area contributed by atoms with Gasteiger partial charge in [-0.05, 0) is 49.2 Å². The lowest BCUT2D eigenvalue weighted by molar-refractivity contribution is -0.117. The summed E-state index contributed by atoms with van der Waals surface area (Å²) < 4.78 is 15.7. The van der Waals surface area contributed by atoms with Crippen molar-refractivity contribution in [2.45, 2.75) is 18.9 Å². The molecule has 0 spiro atoms. The smallest absolute Gasteiger partial charge is 0.338 e. The van der Waals surface area contributed by atoms with Crippen LogP contribution in [0, 0.1) is 0 Å². The van der Waals surface area contributed by atoms with E-state index >= 15 is 0 Å². The van der Waals surface area contributed by atoms with Crippen molar-refractivity contribution in [2.75, 3.05) is 30.2 Å². The summed E-state index contributed by atoms with van der Waals surface area (Å²) in [5.74, 6) is 0.0451. The van der Waals surface area contributed by atoms with Crippen LogP contribution < -0.4 is 19.7 Å². The highest BCUT2D eigenvalue weighted by Crippen LogP contribution is 2.37. The van der Waals surface area contributed by atoms with E-state index in [1.54, 1.807) is 30.3 Å². The van der Waals surface area contributed by atoms with Crippen molar-refractivity contribution < 1.29 is 28.6 Å². The van der Waals surface area contributed by atoms with Gasteiger partial charge in [0.15, 0.2) is 23.9 Å². The molecule has 3 aliphatic rings. The number of Topliss-reactive ketones (excluding diaryl/α,β-unsaturated/α-hetero) is 1. The fourth-order valence-electron chi connectivity index (χ4n) is 3.92. The number of benzene rings is 2. The molecule has 3 heterocycles. The Morgan fingerprint density at radius 2 is 1.93 bits per heavy atom. The Hall–Kier alpha value is -3.55. The Morgan fingerprint density at radius 3 is 2.83 bits per heavy atom. The highest BCUT2D eigenvalue weighted by Gasteiger charge is 2.36. The fourth-order valence-corrected chi connectivity index (χ4v) is 3.92. The molecule has 1 N–H and O–H groups in total. The number of anilines is 2. The minimum Gasteiger partial charge on any atom is -0.454 e. The predicted octanol–water partition coefficient (Wildman–Crippen LogP) is 2.38.